The summed E-state index contributed by atoms with van der Waals surface area (Å²) >= 11 is 0. The van der Waals surface area contributed by atoms with Crippen LogP contribution in [0.5, 0.6) is 0 Å². The van der Waals surface area contributed by atoms with Crippen LogP contribution < -0.4 is 22.2 Å². The van der Waals surface area contributed by atoms with E-state index in [4.69, 9.17) is 0 Å². The zero-order chi connectivity index (χ0) is 13.9. The van der Waals surface area contributed by atoms with Gasteiger partial charge in [-0.1, -0.05) is 6.92 Å². The summed E-state index contributed by atoms with van der Waals surface area (Å²) in [6, 6.07) is 2.65. The highest BCUT2D eigenvalue weighted by Crippen LogP contribution is 2.14. The van der Waals surface area contributed by atoms with Gasteiger partial charge in [-0.05, 0) is 12.1 Å². The third kappa shape index (κ3) is 1.38. The molecule has 0 radical (unpaired) electrons. The molecule has 19 heavy (non-hydrogen) atoms. The summed E-state index contributed by atoms with van der Waals surface area (Å²) in [5.74, 6) is -0.272. The zero-order valence-electron chi connectivity index (χ0n) is 10.3. The van der Waals surface area contributed by atoms with E-state index in [9.17, 15) is 19.2 Å². The van der Waals surface area contributed by atoms with Gasteiger partial charge in [0.05, 0.1) is 21.5 Å². The van der Waals surface area contributed by atoms with Crippen molar-refractivity contribution in [3.63, 3.8) is 0 Å². The lowest BCUT2D eigenvalue weighted by Crippen LogP contribution is -2.28. The summed E-state index contributed by atoms with van der Waals surface area (Å²) in [4.78, 5) is 49.5. The second-order valence-corrected chi connectivity index (χ2v) is 4.80. The van der Waals surface area contributed by atoms with E-state index in [-0.39, 0.29) is 27.5 Å². The molecule has 1 unspecified atom stereocenters. The van der Waals surface area contributed by atoms with Gasteiger partial charge < -0.3 is 0 Å². The fourth-order valence-electron chi connectivity index (χ4n) is 2.39. The number of hydrogen-bond donors (Lipinski definition) is 1. The molecule has 1 aromatic carbocycles. The quantitative estimate of drug-likeness (QED) is 0.542. The predicted molar refractivity (Wildman–Crippen MR) is 74.5 cm³/mol. The molecule has 0 amide bonds. The van der Waals surface area contributed by atoms with Crippen molar-refractivity contribution >= 4 is 29.4 Å². The lowest BCUT2D eigenvalue weighted by molar-refractivity contribution is 0.690. The lowest BCUT2D eigenvalue weighted by atomic mass is 9.99. The molecule has 0 saturated heterocycles. The molecule has 0 aliphatic heterocycles. The highest BCUT2D eigenvalue weighted by molar-refractivity contribution is 6.10. The van der Waals surface area contributed by atoms with Crippen LogP contribution in [0.1, 0.15) is 12.9 Å². The van der Waals surface area contributed by atoms with E-state index in [2.05, 4.69) is 4.98 Å². The molecular formula is C12H9BN2O4. The van der Waals surface area contributed by atoms with E-state index in [1.54, 1.807) is 14.8 Å². The molecule has 0 aliphatic carbocycles. The van der Waals surface area contributed by atoms with E-state index < -0.39 is 22.2 Å². The topological polar surface area (TPSA) is 89.0 Å². The maximum atomic E-state index is 12.1. The molecule has 0 spiro atoms. The van der Waals surface area contributed by atoms with Crippen LogP contribution >= 0.6 is 0 Å². The zero-order valence-corrected chi connectivity index (χ0v) is 10.3. The molecule has 1 atom stereocenters. The summed E-state index contributed by atoms with van der Waals surface area (Å²) in [6.07, 6.45) is 0. The maximum Gasteiger partial charge on any atom is 0.261 e. The molecule has 6 nitrogen and oxygen atoms in total. The number of H-pyrrole nitrogens is 1. The molecule has 2 heterocycles. The van der Waals surface area contributed by atoms with Crippen LogP contribution in [0.15, 0.2) is 31.3 Å². The second kappa shape index (κ2) is 3.53. The normalized spacial score (nSPS) is 13.3. The highest BCUT2D eigenvalue weighted by atomic mass is 16.2. The van der Waals surface area contributed by atoms with Crippen molar-refractivity contribution in [1.29, 1.82) is 0 Å². The summed E-state index contributed by atoms with van der Waals surface area (Å²) in [5, 5.41) is 0.663. The smallest absolute Gasteiger partial charge is 0.261 e. The first-order valence-electron chi connectivity index (χ1n) is 5.83. The first kappa shape index (κ1) is 11.6. The first-order chi connectivity index (χ1) is 8.91. The van der Waals surface area contributed by atoms with Crippen molar-refractivity contribution < 1.29 is 0 Å². The molecule has 1 N–H and O–H groups in total. The van der Waals surface area contributed by atoms with Gasteiger partial charge in [-0.3, -0.25) is 28.7 Å². The SMILES string of the molecule is BC(C)n1c(=O)c2cc3c(=O)[nH]c(=O)c3cc2c1=O. The van der Waals surface area contributed by atoms with E-state index in [1.165, 1.54) is 12.1 Å². The Morgan fingerprint density at radius 3 is 1.74 bits per heavy atom. The molecule has 0 bridgehead atoms. The third-order valence-electron chi connectivity index (χ3n) is 3.29. The van der Waals surface area contributed by atoms with Gasteiger partial charge in [-0.15, -0.1) is 0 Å². The molecule has 3 rings (SSSR count). The van der Waals surface area contributed by atoms with Crippen molar-refractivity contribution in [2.45, 2.75) is 12.9 Å². The molecule has 94 valence electrons. The van der Waals surface area contributed by atoms with Crippen LogP contribution in [0.2, 0.25) is 0 Å². The summed E-state index contributed by atoms with van der Waals surface area (Å²) < 4.78 is 1.13. The fourth-order valence-corrected chi connectivity index (χ4v) is 2.39. The van der Waals surface area contributed by atoms with Crippen LogP contribution in [0.4, 0.5) is 0 Å². The molecular weight excluding hydrogens is 247 g/mol. The number of fused-ring (bicyclic) bond motifs is 2. The monoisotopic (exact) mass is 256 g/mol. The van der Waals surface area contributed by atoms with Gasteiger partial charge in [-0.2, -0.15) is 0 Å². The molecule has 2 aromatic heterocycles. The molecule has 3 aromatic rings. The predicted octanol–water partition coefficient (Wildman–Crippen LogP) is -1.41. The Morgan fingerprint density at radius 2 is 1.37 bits per heavy atom. The number of rotatable bonds is 1. The van der Waals surface area contributed by atoms with Crippen molar-refractivity contribution in [3.05, 3.63) is 53.5 Å². The second-order valence-electron chi connectivity index (χ2n) is 4.80. The van der Waals surface area contributed by atoms with Crippen LogP contribution in [-0.4, -0.2) is 17.4 Å². The fraction of sp³-hybridized carbons (Fsp3) is 0.167. The van der Waals surface area contributed by atoms with Crippen molar-refractivity contribution in [3.8, 4) is 0 Å². The van der Waals surface area contributed by atoms with Crippen LogP contribution in [0, 0.1) is 0 Å². The highest BCUT2D eigenvalue weighted by Gasteiger charge is 2.17. The van der Waals surface area contributed by atoms with E-state index in [0.29, 0.717) is 0 Å². The number of nitrogens with one attached hydrogen (secondary N) is 1. The Balaban J connectivity index is 2.66. The lowest BCUT2D eigenvalue weighted by Gasteiger charge is -2.01. The Morgan fingerprint density at radius 1 is 0.947 bits per heavy atom. The minimum atomic E-state index is -0.536. The number of aromatic nitrogens is 2. The average Bonchev–Trinajstić information content (AvgIpc) is 2.75. The van der Waals surface area contributed by atoms with Crippen LogP contribution in [0.25, 0.3) is 21.5 Å². The van der Waals surface area contributed by atoms with Crippen LogP contribution in [0.3, 0.4) is 0 Å². The first-order valence-corrected chi connectivity index (χ1v) is 5.83. The number of aromatic amines is 1. The van der Waals surface area contributed by atoms with Crippen molar-refractivity contribution in [1.82, 2.24) is 9.55 Å². The number of hydrogen-bond acceptors (Lipinski definition) is 4. The Kier molecular flexibility index (Phi) is 2.17. The van der Waals surface area contributed by atoms with Gasteiger partial charge in [0.25, 0.3) is 22.2 Å². The van der Waals surface area contributed by atoms with Gasteiger partial charge in [0.1, 0.15) is 7.85 Å². The summed E-state index contributed by atoms with van der Waals surface area (Å²) in [7, 11) is 1.73. The van der Waals surface area contributed by atoms with Gasteiger partial charge in [0.15, 0.2) is 0 Å². The third-order valence-corrected chi connectivity index (χ3v) is 3.29. The van der Waals surface area contributed by atoms with Crippen LogP contribution in [-0.2, 0) is 0 Å². The van der Waals surface area contributed by atoms with Gasteiger partial charge >= 0.3 is 0 Å². The summed E-state index contributed by atoms with van der Waals surface area (Å²) in [6.45, 7) is 1.73. The van der Waals surface area contributed by atoms with E-state index in [0.717, 1.165) is 4.57 Å². The minimum Gasteiger partial charge on any atom is -0.288 e. The molecule has 0 fully saturated rings. The summed E-state index contributed by atoms with van der Waals surface area (Å²) in [5.41, 5.74) is -1.92. The van der Waals surface area contributed by atoms with E-state index >= 15 is 0 Å². The Hall–Kier alpha value is -2.44. The minimum absolute atomic E-state index is 0.149. The largest absolute Gasteiger partial charge is 0.288 e. The maximum absolute atomic E-state index is 12.1. The molecule has 0 saturated carbocycles. The van der Waals surface area contributed by atoms with Crippen molar-refractivity contribution in [2.24, 2.45) is 0 Å². The average molecular weight is 256 g/mol. The van der Waals surface area contributed by atoms with E-state index in [1.807, 2.05) is 0 Å². The number of benzene rings is 1. The Bertz CT molecular complexity index is 943. The van der Waals surface area contributed by atoms with Gasteiger partial charge in [-0.25, -0.2) is 0 Å². The van der Waals surface area contributed by atoms with Gasteiger partial charge in [0.2, 0.25) is 0 Å². The standard InChI is InChI=1S/C12H9BN2O4/c1-4(13)15-11(18)7-2-5-6(3-8(7)12(15)19)10(17)14-9(5)16/h2-4H,13H2,1H3,(H,14,16,17). The Labute approximate surface area is 106 Å². The molecule has 0 aliphatic rings. The van der Waals surface area contributed by atoms with Gasteiger partial charge in [0, 0.05) is 5.94 Å². The number of nitrogens with zero attached hydrogens (tertiary/aromatic N) is 1. The van der Waals surface area contributed by atoms with Crippen molar-refractivity contribution in [2.75, 3.05) is 0 Å². The molecule has 7 heteroatoms.